The van der Waals surface area contributed by atoms with E-state index < -0.39 is 6.10 Å². The summed E-state index contributed by atoms with van der Waals surface area (Å²) in [4.78, 5) is 0. The van der Waals surface area contributed by atoms with Crippen LogP contribution in [0.3, 0.4) is 0 Å². The molecule has 0 saturated carbocycles. The molecular formula is C12H15BrO. The molecule has 0 aliphatic carbocycles. The second kappa shape index (κ2) is 5.32. The number of rotatable bonds is 4. The Bertz CT molecular complexity index is 320. The SMILES string of the molecule is C=CCCC(O)c1ccc(C)cc1Br. The van der Waals surface area contributed by atoms with Crippen molar-refractivity contribution in [1.82, 2.24) is 0 Å². The second-order valence-corrected chi connectivity index (χ2v) is 4.26. The number of allylic oxidation sites excluding steroid dienone is 1. The van der Waals surface area contributed by atoms with E-state index >= 15 is 0 Å². The van der Waals surface area contributed by atoms with Gasteiger partial charge in [-0.25, -0.2) is 0 Å². The van der Waals surface area contributed by atoms with Gasteiger partial charge < -0.3 is 5.11 Å². The molecule has 1 aromatic rings. The quantitative estimate of drug-likeness (QED) is 0.812. The van der Waals surface area contributed by atoms with Gasteiger partial charge in [0.05, 0.1) is 6.10 Å². The number of hydrogen-bond donors (Lipinski definition) is 1. The van der Waals surface area contributed by atoms with Gasteiger partial charge in [0.1, 0.15) is 0 Å². The molecule has 1 rings (SSSR count). The maximum atomic E-state index is 9.85. The number of aliphatic hydroxyl groups excluding tert-OH is 1. The van der Waals surface area contributed by atoms with E-state index in [4.69, 9.17) is 0 Å². The van der Waals surface area contributed by atoms with Gasteiger partial charge in [-0.15, -0.1) is 6.58 Å². The summed E-state index contributed by atoms with van der Waals surface area (Å²) in [7, 11) is 0. The monoisotopic (exact) mass is 254 g/mol. The molecule has 1 aromatic carbocycles. The third-order valence-corrected chi connectivity index (χ3v) is 2.85. The summed E-state index contributed by atoms with van der Waals surface area (Å²) in [5, 5.41) is 9.85. The van der Waals surface area contributed by atoms with Crippen molar-refractivity contribution >= 4 is 15.9 Å². The van der Waals surface area contributed by atoms with Crippen LogP contribution in [0.1, 0.15) is 30.1 Å². The molecule has 14 heavy (non-hydrogen) atoms. The third-order valence-electron chi connectivity index (χ3n) is 2.16. The zero-order chi connectivity index (χ0) is 10.6. The highest BCUT2D eigenvalue weighted by Crippen LogP contribution is 2.27. The molecule has 0 amide bonds. The lowest BCUT2D eigenvalue weighted by atomic mass is 10.0. The second-order valence-electron chi connectivity index (χ2n) is 3.41. The Morgan fingerprint density at radius 3 is 2.86 bits per heavy atom. The molecule has 0 saturated heterocycles. The van der Waals surface area contributed by atoms with Crippen LogP contribution in [0.25, 0.3) is 0 Å². The lowest BCUT2D eigenvalue weighted by Crippen LogP contribution is -1.98. The molecule has 0 spiro atoms. The Labute approximate surface area is 93.6 Å². The minimum Gasteiger partial charge on any atom is -0.388 e. The highest BCUT2D eigenvalue weighted by atomic mass is 79.9. The van der Waals surface area contributed by atoms with Crippen LogP contribution >= 0.6 is 15.9 Å². The van der Waals surface area contributed by atoms with E-state index in [9.17, 15) is 5.11 Å². The molecule has 76 valence electrons. The lowest BCUT2D eigenvalue weighted by molar-refractivity contribution is 0.168. The van der Waals surface area contributed by atoms with Gasteiger partial charge in [-0.1, -0.05) is 34.1 Å². The Morgan fingerprint density at radius 1 is 1.57 bits per heavy atom. The molecule has 1 nitrogen and oxygen atoms in total. The van der Waals surface area contributed by atoms with Gasteiger partial charge in [-0.3, -0.25) is 0 Å². The first-order chi connectivity index (χ1) is 6.65. The molecule has 0 bridgehead atoms. The number of hydrogen-bond acceptors (Lipinski definition) is 1. The molecule has 0 heterocycles. The predicted molar refractivity (Wildman–Crippen MR) is 63.3 cm³/mol. The largest absolute Gasteiger partial charge is 0.388 e. The van der Waals surface area contributed by atoms with Crippen molar-refractivity contribution in [3.05, 3.63) is 46.5 Å². The van der Waals surface area contributed by atoms with Crippen LogP contribution in [0.5, 0.6) is 0 Å². The standard InChI is InChI=1S/C12H15BrO/c1-3-4-5-12(14)10-7-6-9(2)8-11(10)13/h3,6-8,12,14H,1,4-5H2,2H3. The smallest absolute Gasteiger partial charge is 0.0803 e. The summed E-state index contributed by atoms with van der Waals surface area (Å²) in [6.45, 7) is 5.67. The van der Waals surface area contributed by atoms with Crippen molar-refractivity contribution in [1.29, 1.82) is 0 Å². The Morgan fingerprint density at radius 2 is 2.29 bits per heavy atom. The van der Waals surface area contributed by atoms with Crippen LogP contribution in [0.2, 0.25) is 0 Å². The zero-order valence-electron chi connectivity index (χ0n) is 8.33. The van der Waals surface area contributed by atoms with Crippen molar-refractivity contribution in [2.45, 2.75) is 25.9 Å². The van der Waals surface area contributed by atoms with Gasteiger partial charge in [0.25, 0.3) is 0 Å². The molecule has 0 aromatic heterocycles. The molecule has 0 aliphatic heterocycles. The van der Waals surface area contributed by atoms with E-state index in [0.29, 0.717) is 0 Å². The number of aliphatic hydroxyl groups is 1. The van der Waals surface area contributed by atoms with Crippen LogP contribution in [-0.4, -0.2) is 5.11 Å². The van der Waals surface area contributed by atoms with E-state index in [1.165, 1.54) is 5.56 Å². The molecule has 1 atom stereocenters. The topological polar surface area (TPSA) is 20.2 Å². The van der Waals surface area contributed by atoms with Gasteiger partial charge in [-0.2, -0.15) is 0 Å². The minimum atomic E-state index is -0.400. The molecule has 0 aliphatic rings. The van der Waals surface area contributed by atoms with E-state index in [1.807, 2.05) is 31.2 Å². The summed E-state index contributed by atoms with van der Waals surface area (Å²) >= 11 is 3.45. The van der Waals surface area contributed by atoms with Crippen molar-refractivity contribution < 1.29 is 5.11 Å². The number of benzene rings is 1. The predicted octanol–water partition coefficient (Wildman–Crippen LogP) is 3.76. The van der Waals surface area contributed by atoms with Crippen LogP contribution in [0.4, 0.5) is 0 Å². The van der Waals surface area contributed by atoms with E-state index in [2.05, 4.69) is 22.5 Å². The first-order valence-corrected chi connectivity index (χ1v) is 5.49. The normalized spacial score (nSPS) is 12.5. The van der Waals surface area contributed by atoms with Crippen LogP contribution < -0.4 is 0 Å². The number of halogens is 1. The maximum absolute atomic E-state index is 9.85. The van der Waals surface area contributed by atoms with Crippen molar-refractivity contribution in [3.63, 3.8) is 0 Å². The Hall–Kier alpha value is -0.600. The summed E-state index contributed by atoms with van der Waals surface area (Å²) in [5.41, 5.74) is 2.15. The zero-order valence-corrected chi connectivity index (χ0v) is 9.92. The van der Waals surface area contributed by atoms with Crippen LogP contribution in [-0.2, 0) is 0 Å². The van der Waals surface area contributed by atoms with Crippen molar-refractivity contribution in [3.8, 4) is 0 Å². The van der Waals surface area contributed by atoms with Crippen LogP contribution in [0.15, 0.2) is 35.3 Å². The van der Waals surface area contributed by atoms with Gasteiger partial charge in [0.2, 0.25) is 0 Å². The van der Waals surface area contributed by atoms with Crippen molar-refractivity contribution in [2.75, 3.05) is 0 Å². The minimum absolute atomic E-state index is 0.400. The number of aryl methyl sites for hydroxylation is 1. The highest BCUT2D eigenvalue weighted by Gasteiger charge is 2.09. The fraction of sp³-hybridized carbons (Fsp3) is 0.333. The lowest BCUT2D eigenvalue weighted by Gasteiger charge is -2.12. The molecule has 2 heteroatoms. The Balaban J connectivity index is 2.78. The summed E-state index contributed by atoms with van der Waals surface area (Å²) in [6, 6.07) is 6.00. The van der Waals surface area contributed by atoms with Gasteiger partial charge in [0.15, 0.2) is 0 Å². The average Bonchev–Trinajstić information content (AvgIpc) is 2.14. The van der Waals surface area contributed by atoms with Gasteiger partial charge >= 0.3 is 0 Å². The van der Waals surface area contributed by atoms with Gasteiger partial charge in [0, 0.05) is 4.47 Å². The first-order valence-electron chi connectivity index (χ1n) is 4.70. The van der Waals surface area contributed by atoms with Gasteiger partial charge in [-0.05, 0) is 37.0 Å². The van der Waals surface area contributed by atoms with Crippen molar-refractivity contribution in [2.24, 2.45) is 0 Å². The molecular weight excluding hydrogens is 240 g/mol. The average molecular weight is 255 g/mol. The summed E-state index contributed by atoms with van der Waals surface area (Å²) in [5.74, 6) is 0. The molecule has 0 radical (unpaired) electrons. The Kier molecular flexibility index (Phi) is 4.36. The van der Waals surface area contributed by atoms with E-state index in [-0.39, 0.29) is 0 Å². The molecule has 1 unspecified atom stereocenters. The summed E-state index contributed by atoms with van der Waals surface area (Å²) in [6.07, 6.45) is 2.99. The fourth-order valence-electron chi connectivity index (χ4n) is 1.33. The highest BCUT2D eigenvalue weighted by molar-refractivity contribution is 9.10. The van der Waals surface area contributed by atoms with E-state index in [1.54, 1.807) is 0 Å². The third kappa shape index (κ3) is 2.96. The molecule has 0 fully saturated rings. The fourth-order valence-corrected chi connectivity index (χ4v) is 2.09. The molecule has 1 N–H and O–H groups in total. The summed E-state index contributed by atoms with van der Waals surface area (Å²) < 4.78 is 0.981. The van der Waals surface area contributed by atoms with Crippen LogP contribution in [0, 0.1) is 6.92 Å². The maximum Gasteiger partial charge on any atom is 0.0803 e. The van der Waals surface area contributed by atoms with E-state index in [0.717, 1.165) is 22.9 Å². The first kappa shape index (κ1) is 11.5.